The molecule has 0 aliphatic rings. The highest BCUT2D eigenvalue weighted by Gasteiger charge is 2.14. The van der Waals surface area contributed by atoms with Crippen LogP contribution in [0.1, 0.15) is 46.0 Å². The molecule has 0 radical (unpaired) electrons. The summed E-state index contributed by atoms with van der Waals surface area (Å²) in [6, 6.07) is 3.06. The molecule has 150 valence electrons. The van der Waals surface area contributed by atoms with E-state index in [1.165, 1.54) is 12.3 Å². The minimum atomic E-state index is -0.540. The summed E-state index contributed by atoms with van der Waals surface area (Å²) in [5.74, 6) is -0.468. The summed E-state index contributed by atoms with van der Waals surface area (Å²) >= 11 is 0. The molecule has 2 rings (SSSR count). The summed E-state index contributed by atoms with van der Waals surface area (Å²) in [6.07, 6.45) is 2.56. The number of aryl methyl sites for hydroxylation is 2. The van der Waals surface area contributed by atoms with Crippen LogP contribution in [0, 0.1) is 24.0 Å². The largest absolute Gasteiger partial charge is 0.397 e. The SMILES string of the molecule is CCNC(=O)c1ncc(N)cc1C.CCNC(=O)c1ncc([N+](=O)[O-])cc1C. The molecule has 0 saturated heterocycles. The van der Waals surface area contributed by atoms with E-state index >= 15 is 0 Å². The van der Waals surface area contributed by atoms with Crippen LogP contribution in [-0.4, -0.2) is 39.8 Å². The van der Waals surface area contributed by atoms with Crippen molar-refractivity contribution in [2.45, 2.75) is 27.7 Å². The van der Waals surface area contributed by atoms with Gasteiger partial charge in [-0.05, 0) is 44.9 Å². The molecule has 0 unspecified atom stereocenters. The first kappa shape index (κ1) is 22.5. The van der Waals surface area contributed by atoms with E-state index in [4.69, 9.17) is 5.73 Å². The monoisotopic (exact) mass is 388 g/mol. The van der Waals surface area contributed by atoms with Crippen molar-refractivity contribution >= 4 is 23.2 Å². The molecule has 4 N–H and O–H groups in total. The quantitative estimate of drug-likeness (QED) is 0.521. The normalized spacial score (nSPS) is 9.71. The van der Waals surface area contributed by atoms with E-state index in [1.54, 1.807) is 19.9 Å². The molecule has 2 aromatic heterocycles. The molecule has 2 amide bonds. The van der Waals surface area contributed by atoms with Gasteiger partial charge >= 0.3 is 0 Å². The van der Waals surface area contributed by atoms with Crippen LogP contribution < -0.4 is 16.4 Å². The number of nitrogens with two attached hydrogens (primary N) is 1. The fourth-order valence-corrected chi connectivity index (χ4v) is 2.22. The Bertz CT molecular complexity index is 869. The van der Waals surface area contributed by atoms with Crippen molar-refractivity contribution < 1.29 is 14.5 Å². The molecule has 0 aliphatic carbocycles. The van der Waals surface area contributed by atoms with Crippen molar-refractivity contribution in [1.29, 1.82) is 0 Å². The predicted molar refractivity (Wildman–Crippen MR) is 105 cm³/mol. The van der Waals surface area contributed by atoms with Gasteiger partial charge in [-0.1, -0.05) is 0 Å². The lowest BCUT2D eigenvalue weighted by molar-refractivity contribution is -0.385. The number of nitrogen functional groups attached to an aromatic ring is 1. The number of anilines is 1. The zero-order valence-electron chi connectivity index (χ0n) is 16.3. The van der Waals surface area contributed by atoms with Gasteiger partial charge in [0.2, 0.25) is 0 Å². The maximum Gasteiger partial charge on any atom is 0.287 e. The summed E-state index contributed by atoms with van der Waals surface area (Å²) in [4.78, 5) is 40.4. The number of nitrogens with zero attached hydrogens (tertiary/aromatic N) is 3. The van der Waals surface area contributed by atoms with Crippen LogP contribution in [0.15, 0.2) is 24.5 Å². The summed E-state index contributed by atoms with van der Waals surface area (Å²) in [5, 5.41) is 15.7. The summed E-state index contributed by atoms with van der Waals surface area (Å²) in [7, 11) is 0. The van der Waals surface area contributed by atoms with Crippen molar-refractivity contribution in [1.82, 2.24) is 20.6 Å². The fraction of sp³-hybridized carbons (Fsp3) is 0.333. The zero-order valence-corrected chi connectivity index (χ0v) is 16.3. The lowest BCUT2D eigenvalue weighted by Crippen LogP contribution is -2.24. The zero-order chi connectivity index (χ0) is 21.3. The van der Waals surface area contributed by atoms with E-state index in [-0.39, 0.29) is 23.2 Å². The number of pyridine rings is 2. The standard InChI is InChI=1S/C9H11N3O3.C9H13N3O/c1-3-10-9(13)8-6(2)4-7(5-11-8)12(14)15;1-3-11-9(13)8-6(2)4-7(10)5-12-8/h4-5H,3H2,1-2H3,(H,10,13);4-5H,3,10H2,1-2H3,(H,11,13). The Hall–Kier alpha value is -3.56. The van der Waals surface area contributed by atoms with Gasteiger partial charge in [0.1, 0.15) is 17.6 Å². The molecule has 10 heteroatoms. The van der Waals surface area contributed by atoms with Crippen molar-refractivity contribution in [2.24, 2.45) is 0 Å². The van der Waals surface area contributed by atoms with Crippen LogP contribution in [0.3, 0.4) is 0 Å². The van der Waals surface area contributed by atoms with Gasteiger partial charge in [0.05, 0.1) is 16.8 Å². The number of carbonyl (C=O) groups excluding carboxylic acids is 2. The average Bonchev–Trinajstić information content (AvgIpc) is 2.62. The van der Waals surface area contributed by atoms with E-state index in [0.29, 0.717) is 30.0 Å². The number of amides is 2. The van der Waals surface area contributed by atoms with Gasteiger partial charge in [-0.3, -0.25) is 19.7 Å². The minimum Gasteiger partial charge on any atom is -0.397 e. The summed E-state index contributed by atoms with van der Waals surface area (Å²) in [6.45, 7) is 8.18. The van der Waals surface area contributed by atoms with Crippen LogP contribution in [0.4, 0.5) is 11.4 Å². The second-order valence-electron chi connectivity index (χ2n) is 5.77. The predicted octanol–water partition coefficient (Wildman–Crippen LogP) is 1.77. The van der Waals surface area contributed by atoms with Gasteiger partial charge < -0.3 is 16.4 Å². The Morgan fingerprint density at radius 1 is 1.00 bits per heavy atom. The van der Waals surface area contributed by atoms with Gasteiger partial charge in [-0.25, -0.2) is 9.97 Å². The molecule has 0 fully saturated rings. The minimum absolute atomic E-state index is 0.111. The smallest absolute Gasteiger partial charge is 0.287 e. The van der Waals surface area contributed by atoms with Crippen molar-refractivity contribution in [3.8, 4) is 0 Å². The van der Waals surface area contributed by atoms with Crippen LogP contribution in [-0.2, 0) is 0 Å². The van der Waals surface area contributed by atoms with E-state index in [9.17, 15) is 19.7 Å². The molecule has 28 heavy (non-hydrogen) atoms. The van der Waals surface area contributed by atoms with Gasteiger partial charge in [0.25, 0.3) is 17.5 Å². The summed E-state index contributed by atoms with van der Waals surface area (Å²) in [5.41, 5.74) is 7.93. The highest BCUT2D eigenvalue weighted by molar-refractivity contribution is 5.94. The van der Waals surface area contributed by atoms with Crippen molar-refractivity contribution in [3.05, 3.63) is 57.2 Å². The second kappa shape index (κ2) is 10.6. The summed E-state index contributed by atoms with van der Waals surface area (Å²) < 4.78 is 0. The van der Waals surface area contributed by atoms with Gasteiger partial charge in [-0.2, -0.15) is 0 Å². The first-order chi connectivity index (χ1) is 13.2. The Kier molecular flexibility index (Phi) is 8.47. The van der Waals surface area contributed by atoms with Crippen LogP contribution >= 0.6 is 0 Å². The maximum absolute atomic E-state index is 11.4. The number of rotatable bonds is 5. The number of hydrogen-bond acceptors (Lipinski definition) is 7. The van der Waals surface area contributed by atoms with Crippen LogP contribution in [0.5, 0.6) is 0 Å². The lowest BCUT2D eigenvalue weighted by atomic mass is 10.2. The molecule has 2 aromatic rings. The maximum atomic E-state index is 11.4. The van der Waals surface area contributed by atoms with Crippen molar-refractivity contribution in [3.63, 3.8) is 0 Å². The number of aromatic nitrogens is 2. The first-order valence-corrected chi connectivity index (χ1v) is 8.60. The Morgan fingerprint density at radius 3 is 1.86 bits per heavy atom. The van der Waals surface area contributed by atoms with Gasteiger partial charge in [0, 0.05) is 19.2 Å². The van der Waals surface area contributed by atoms with Crippen LogP contribution in [0.25, 0.3) is 0 Å². The fourth-order valence-electron chi connectivity index (χ4n) is 2.22. The second-order valence-corrected chi connectivity index (χ2v) is 5.77. The van der Waals surface area contributed by atoms with E-state index in [2.05, 4.69) is 20.6 Å². The number of hydrogen-bond donors (Lipinski definition) is 3. The Labute approximate surface area is 162 Å². The van der Waals surface area contributed by atoms with E-state index in [0.717, 1.165) is 11.8 Å². The third-order valence-electron chi connectivity index (χ3n) is 3.48. The number of nitro groups is 1. The third-order valence-corrected chi connectivity index (χ3v) is 3.48. The third kappa shape index (κ3) is 6.31. The Morgan fingerprint density at radius 2 is 1.46 bits per heavy atom. The molecular formula is C18H24N6O4. The molecule has 10 nitrogen and oxygen atoms in total. The molecular weight excluding hydrogens is 364 g/mol. The first-order valence-electron chi connectivity index (χ1n) is 8.60. The van der Waals surface area contributed by atoms with E-state index < -0.39 is 4.92 Å². The molecule has 0 aliphatic heterocycles. The molecule has 0 aromatic carbocycles. The molecule has 0 saturated carbocycles. The molecule has 0 atom stereocenters. The van der Waals surface area contributed by atoms with Crippen LogP contribution in [0.2, 0.25) is 0 Å². The van der Waals surface area contributed by atoms with Gasteiger partial charge in [0.15, 0.2) is 0 Å². The lowest BCUT2D eigenvalue weighted by Gasteiger charge is -2.04. The average molecular weight is 388 g/mol. The highest BCUT2D eigenvalue weighted by Crippen LogP contribution is 2.14. The Balaban J connectivity index is 0.000000283. The molecule has 0 spiro atoms. The topological polar surface area (TPSA) is 153 Å². The van der Waals surface area contributed by atoms with E-state index in [1.807, 2.05) is 13.8 Å². The van der Waals surface area contributed by atoms with Gasteiger partial charge in [-0.15, -0.1) is 0 Å². The number of carbonyl (C=O) groups is 2. The highest BCUT2D eigenvalue weighted by atomic mass is 16.6. The van der Waals surface area contributed by atoms with Crippen molar-refractivity contribution in [2.75, 3.05) is 18.8 Å². The number of nitrogens with one attached hydrogen (secondary N) is 2. The molecule has 2 heterocycles. The molecule has 0 bridgehead atoms.